The third-order valence-corrected chi connectivity index (χ3v) is 2.19. The Bertz CT molecular complexity index is 598. The van der Waals surface area contributed by atoms with Crippen LogP contribution in [0.1, 0.15) is 13.3 Å². The van der Waals surface area contributed by atoms with Gasteiger partial charge in [0, 0.05) is 11.8 Å². The molecule has 0 aliphatic rings. The number of hydrogen-bond donors (Lipinski definition) is 2. The molecule has 0 aliphatic heterocycles. The number of hydrazone groups is 1. The van der Waals surface area contributed by atoms with Crippen molar-refractivity contribution in [1.82, 2.24) is 0 Å². The Balaban J connectivity index is 3.03. The highest BCUT2D eigenvalue weighted by atomic mass is 16.6. The molecule has 0 saturated heterocycles. The van der Waals surface area contributed by atoms with Crippen molar-refractivity contribution in [1.29, 1.82) is 0 Å². The Morgan fingerprint density at radius 2 is 2.00 bits per heavy atom. The summed E-state index contributed by atoms with van der Waals surface area (Å²) in [5, 5.41) is 25.1. The van der Waals surface area contributed by atoms with Gasteiger partial charge in [0.1, 0.15) is 5.69 Å². The van der Waals surface area contributed by atoms with E-state index >= 15 is 0 Å². The fourth-order valence-electron chi connectivity index (χ4n) is 1.33. The number of nitro groups is 2. The molecular weight excluding hydrogens is 270 g/mol. The van der Waals surface area contributed by atoms with E-state index in [-0.39, 0.29) is 12.1 Å². The maximum atomic E-state index is 10.8. The summed E-state index contributed by atoms with van der Waals surface area (Å²) >= 11 is 0. The number of benzene rings is 1. The van der Waals surface area contributed by atoms with E-state index in [1.165, 1.54) is 6.92 Å². The Hall–Kier alpha value is -3.04. The Labute approximate surface area is 112 Å². The summed E-state index contributed by atoms with van der Waals surface area (Å²) in [6, 6.07) is 3.09. The van der Waals surface area contributed by atoms with Crippen LogP contribution in [0, 0.1) is 20.2 Å². The first-order valence-electron chi connectivity index (χ1n) is 5.31. The summed E-state index contributed by atoms with van der Waals surface area (Å²) in [5.41, 5.74) is 6.75. The lowest BCUT2D eigenvalue weighted by Crippen LogP contribution is -2.15. The number of amides is 1. The first-order valence-corrected chi connectivity index (χ1v) is 5.31. The van der Waals surface area contributed by atoms with Crippen molar-refractivity contribution in [2.24, 2.45) is 10.8 Å². The molecule has 20 heavy (non-hydrogen) atoms. The van der Waals surface area contributed by atoms with Crippen LogP contribution in [-0.2, 0) is 4.79 Å². The number of hydrogen-bond acceptors (Lipinski definition) is 7. The Kier molecular flexibility index (Phi) is 4.67. The van der Waals surface area contributed by atoms with Crippen LogP contribution >= 0.6 is 0 Å². The van der Waals surface area contributed by atoms with Crippen LogP contribution in [0.2, 0.25) is 0 Å². The molecule has 1 aromatic carbocycles. The molecule has 1 aromatic rings. The van der Waals surface area contributed by atoms with Gasteiger partial charge in [-0.2, -0.15) is 5.10 Å². The third kappa shape index (κ3) is 4.01. The van der Waals surface area contributed by atoms with Gasteiger partial charge in [0.25, 0.3) is 5.69 Å². The highest BCUT2D eigenvalue weighted by molar-refractivity contribution is 5.99. The second-order valence-corrected chi connectivity index (χ2v) is 3.82. The molecule has 0 bridgehead atoms. The molecule has 1 amide bonds. The number of nitro benzene ring substituents is 2. The minimum absolute atomic E-state index is 0.0237. The van der Waals surface area contributed by atoms with Crippen molar-refractivity contribution < 1.29 is 14.6 Å². The van der Waals surface area contributed by atoms with E-state index < -0.39 is 27.1 Å². The molecule has 0 radical (unpaired) electrons. The molecule has 10 nitrogen and oxygen atoms in total. The molecule has 0 fully saturated rings. The van der Waals surface area contributed by atoms with Gasteiger partial charge in [-0.3, -0.25) is 30.4 Å². The molecule has 0 unspecified atom stereocenters. The van der Waals surface area contributed by atoms with Crippen LogP contribution in [0.25, 0.3) is 0 Å². The van der Waals surface area contributed by atoms with Crippen molar-refractivity contribution in [3.8, 4) is 0 Å². The highest BCUT2D eigenvalue weighted by Gasteiger charge is 2.19. The highest BCUT2D eigenvalue weighted by Crippen LogP contribution is 2.28. The lowest BCUT2D eigenvalue weighted by molar-refractivity contribution is -0.393. The molecule has 106 valence electrons. The van der Waals surface area contributed by atoms with E-state index in [0.29, 0.717) is 5.71 Å². The van der Waals surface area contributed by atoms with Gasteiger partial charge in [-0.05, 0) is 13.0 Å². The Morgan fingerprint density at radius 1 is 1.35 bits per heavy atom. The minimum Gasteiger partial charge on any atom is -0.369 e. The zero-order chi connectivity index (χ0) is 15.3. The normalized spacial score (nSPS) is 10.9. The predicted octanol–water partition coefficient (Wildman–Crippen LogP) is 1.17. The van der Waals surface area contributed by atoms with Crippen LogP contribution in [0.4, 0.5) is 17.1 Å². The fraction of sp³-hybridized carbons (Fsp3) is 0.200. The van der Waals surface area contributed by atoms with Gasteiger partial charge in [-0.25, -0.2) is 0 Å². The van der Waals surface area contributed by atoms with E-state index in [2.05, 4.69) is 10.5 Å². The molecule has 10 heteroatoms. The van der Waals surface area contributed by atoms with E-state index in [1.807, 2.05) is 0 Å². The number of nitrogens with zero attached hydrogens (tertiary/aromatic N) is 3. The van der Waals surface area contributed by atoms with Gasteiger partial charge < -0.3 is 5.73 Å². The van der Waals surface area contributed by atoms with Gasteiger partial charge in [0.2, 0.25) is 5.91 Å². The van der Waals surface area contributed by atoms with E-state index in [4.69, 9.17) is 5.73 Å². The number of nitrogens with two attached hydrogens (primary N) is 1. The molecule has 0 atom stereocenters. The fourth-order valence-corrected chi connectivity index (χ4v) is 1.33. The summed E-state index contributed by atoms with van der Waals surface area (Å²) in [7, 11) is 0. The third-order valence-electron chi connectivity index (χ3n) is 2.19. The monoisotopic (exact) mass is 281 g/mol. The first kappa shape index (κ1) is 15.0. The molecule has 0 aliphatic carbocycles. The van der Waals surface area contributed by atoms with E-state index in [9.17, 15) is 25.0 Å². The van der Waals surface area contributed by atoms with Crippen molar-refractivity contribution >= 4 is 28.7 Å². The van der Waals surface area contributed by atoms with Crippen LogP contribution in [0.5, 0.6) is 0 Å². The largest absolute Gasteiger partial charge is 0.369 e. The average Bonchev–Trinajstić information content (AvgIpc) is 2.35. The number of primary amides is 1. The van der Waals surface area contributed by atoms with Crippen LogP contribution < -0.4 is 11.2 Å². The summed E-state index contributed by atoms with van der Waals surface area (Å²) in [4.78, 5) is 30.5. The van der Waals surface area contributed by atoms with Gasteiger partial charge in [-0.1, -0.05) is 0 Å². The quantitative estimate of drug-likeness (QED) is 0.453. The molecule has 0 spiro atoms. The van der Waals surface area contributed by atoms with Crippen LogP contribution in [0.15, 0.2) is 23.3 Å². The van der Waals surface area contributed by atoms with Gasteiger partial charge in [-0.15, -0.1) is 0 Å². The lowest BCUT2D eigenvalue weighted by Gasteiger charge is -2.03. The number of rotatable bonds is 6. The molecule has 0 aromatic heterocycles. The van der Waals surface area contributed by atoms with Crippen LogP contribution in [-0.4, -0.2) is 21.5 Å². The smallest absolute Gasteiger partial charge is 0.301 e. The summed E-state index contributed by atoms with van der Waals surface area (Å²) in [6.45, 7) is 1.51. The molecule has 0 saturated carbocycles. The molecule has 1 rings (SSSR count). The Morgan fingerprint density at radius 3 is 2.50 bits per heavy atom. The van der Waals surface area contributed by atoms with Crippen molar-refractivity contribution in [2.45, 2.75) is 13.3 Å². The van der Waals surface area contributed by atoms with Crippen molar-refractivity contribution in [3.05, 3.63) is 38.4 Å². The molecule has 3 N–H and O–H groups in total. The zero-order valence-electron chi connectivity index (χ0n) is 10.4. The lowest BCUT2D eigenvalue weighted by atomic mass is 10.2. The minimum atomic E-state index is -0.770. The maximum Gasteiger partial charge on any atom is 0.301 e. The van der Waals surface area contributed by atoms with Crippen molar-refractivity contribution in [2.75, 3.05) is 5.43 Å². The maximum absolute atomic E-state index is 10.8. The topological polar surface area (TPSA) is 154 Å². The standard InChI is InChI=1S/C10H11N5O5/c1-6(4-10(11)16)12-13-8-3-2-7(14(17)18)5-9(8)15(19)20/h2-3,5,13H,4H2,1H3,(H2,11,16). The number of nitrogens with one attached hydrogen (secondary N) is 1. The van der Waals surface area contributed by atoms with Crippen molar-refractivity contribution in [3.63, 3.8) is 0 Å². The first-order chi connectivity index (χ1) is 9.31. The number of non-ortho nitro benzene ring substituents is 1. The van der Waals surface area contributed by atoms with Crippen LogP contribution in [0.3, 0.4) is 0 Å². The second-order valence-electron chi connectivity index (χ2n) is 3.82. The zero-order valence-corrected chi connectivity index (χ0v) is 10.4. The number of carbonyl (C=O) groups excluding carboxylic acids is 1. The SMILES string of the molecule is CC(CC(N)=O)=NNc1ccc([N+](=O)[O-])cc1[N+](=O)[O-]. The average molecular weight is 281 g/mol. The van der Waals surface area contributed by atoms with Gasteiger partial charge >= 0.3 is 5.69 Å². The van der Waals surface area contributed by atoms with Gasteiger partial charge in [0.15, 0.2) is 0 Å². The summed E-state index contributed by atoms with van der Waals surface area (Å²) < 4.78 is 0. The summed E-state index contributed by atoms with van der Waals surface area (Å²) in [5.74, 6) is -0.591. The van der Waals surface area contributed by atoms with E-state index in [0.717, 1.165) is 18.2 Å². The second kappa shape index (κ2) is 6.22. The number of anilines is 1. The predicted molar refractivity (Wildman–Crippen MR) is 70.3 cm³/mol. The van der Waals surface area contributed by atoms with E-state index in [1.54, 1.807) is 0 Å². The summed E-state index contributed by atoms with van der Waals surface area (Å²) in [6.07, 6.45) is -0.103. The van der Waals surface area contributed by atoms with Gasteiger partial charge in [0.05, 0.1) is 22.3 Å². The number of carbonyl (C=O) groups is 1. The molecule has 0 heterocycles. The molecular formula is C10H11N5O5.